The molecular formula is C15H24O5. The van der Waals surface area contributed by atoms with Gasteiger partial charge in [0.1, 0.15) is 11.4 Å². The summed E-state index contributed by atoms with van der Waals surface area (Å²) in [5.74, 6) is -3.63. The summed E-state index contributed by atoms with van der Waals surface area (Å²) in [6.45, 7) is 10.3. The van der Waals surface area contributed by atoms with E-state index in [1.807, 2.05) is 0 Å². The molecule has 0 aliphatic heterocycles. The van der Waals surface area contributed by atoms with Crippen LogP contribution in [0.4, 0.5) is 0 Å². The largest absolute Gasteiger partial charge is 0.481 e. The molecule has 0 amide bonds. The molecule has 1 N–H and O–H groups in total. The van der Waals surface area contributed by atoms with Crippen molar-refractivity contribution in [2.24, 2.45) is 11.8 Å². The maximum absolute atomic E-state index is 11.8. The van der Waals surface area contributed by atoms with Crippen molar-refractivity contribution in [3.8, 4) is 0 Å². The van der Waals surface area contributed by atoms with E-state index in [9.17, 15) is 14.4 Å². The molecule has 0 aromatic rings. The van der Waals surface area contributed by atoms with Crippen LogP contribution in [0.5, 0.6) is 0 Å². The first kappa shape index (κ1) is 18.4. The molecule has 0 aliphatic rings. The number of aliphatic carboxylic acids is 1. The van der Waals surface area contributed by atoms with E-state index in [0.29, 0.717) is 6.42 Å². The highest BCUT2D eigenvalue weighted by Gasteiger charge is 2.31. The van der Waals surface area contributed by atoms with Crippen LogP contribution in [0.1, 0.15) is 47.0 Å². The highest BCUT2D eigenvalue weighted by molar-refractivity contribution is 5.94. The standard InChI is InChI=1S/C15H24O5/c1-6-7-10(2)12(16)9-8-11(13(17)18)14(19)20-15(3,4)5/h6,10-11H,1,7-9H2,2-5H3,(H,17,18). The number of carbonyl (C=O) groups is 3. The Bertz CT molecular complexity index is 378. The van der Waals surface area contributed by atoms with Gasteiger partial charge < -0.3 is 9.84 Å². The lowest BCUT2D eigenvalue weighted by Gasteiger charge is -2.22. The average molecular weight is 284 g/mol. The Morgan fingerprint density at radius 1 is 1.30 bits per heavy atom. The first-order chi connectivity index (χ1) is 9.08. The summed E-state index contributed by atoms with van der Waals surface area (Å²) >= 11 is 0. The fraction of sp³-hybridized carbons (Fsp3) is 0.667. The lowest BCUT2D eigenvalue weighted by molar-refractivity contribution is -0.167. The van der Waals surface area contributed by atoms with Gasteiger partial charge in [0.25, 0.3) is 0 Å². The Hall–Kier alpha value is -1.65. The molecule has 0 aromatic carbocycles. The van der Waals surface area contributed by atoms with Gasteiger partial charge in [-0.2, -0.15) is 0 Å². The van der Waals surface area contributed by atoms with Crippen LogP contribution in [-0.4, -0.2) is 28.4 Å². The van der Waals surface area contributed by atoms with Crippen LogP contribution in [0.3, 0.4) is 0 Å². The molecule has 5 heteroatoms. The predicted octanol–water partition coefficient (Wildman–Crippen LogP) is 2.59. The van der Waals surface area contributed by atoms with E-state index in [1.165, 1.54) is 0 Å². The number of carbonyl (C=O) groups excluding carboxylic acids is 2. The molecule has 0 heterocycles. The Morgan fingerprint density at radius 3 is 2.25 bits per heavy atom. The normalized spacial score (nSPS) is 14.2. The van der Waals surface area contributed by atoms with Crippen molar-refractivity contribution in [3.05, 3.63) is 12.7 Å². The number of ether oxygens (including phenoxy) is 1. The highest BCUT2D eigenvalue weighted by atomic mass is 16.6. The quantitative estimate of drug-likeness (QED) is 0.421. The highest BCUT2D eigenvalue weighted by Crippen LogP contribution is 2.18. The minimum atomic E-state index is -1.30. The Kier molecular flexibility index (Phi) is 7.18. The number of carboxylic acids is 1. The van der Waals surface area contributed by atoms with Crippen LogP contribution < -0.4 is 0 Å². The summed E-state index contributed by atoms with van der Waals surface area (Å²) in [5.41, 5.74) is -0.745. The van der Waals surface area contributed by atoms with Gasteiger partial charge in [-0.3, -0.25) is 14.4 Å². The third-order valence-corrected chi connectivity index (χ3v) is 2.74. The molecule has 0 saturated heterocycles. The van der Waals surface area contributed by atoms with E-state index >= 15 is 0 Å². The number of ketones is 1. The smallest absolute Gasteiger partial charge is 0.320 e. The van der Waals surface area contributed by atoms with Crippen molar-refractivity contribution in [2.75, 3.05) is 0 Å². The molecule has 114 valence electrons. The van der Waals surface area contributed by atoms with E-state index in [-0.39, 0.29) is 24.5 Å². The molecule has 5 nitrogen and oxygen atoms in total. The van der Waals surface area contributed by atoms with Gasteiger partial charge in [-0.15, -0.1) is 6.58 Å². The zero-order valence-corrected chi connectivity index (χ0v) is 12.6. The first-order valence-corrected chi connectivity index (χ1v) is 6.67. The van der Waals surface area contributed by atoms with Gasteiger partial charge in [-0.25, -0.2) is 0 Å². The Labute approximate surface area is 120 Å². The maximum Gasteiger partial charge on any atom is 0.320 e. The second-order valence-corrected chi connectivity index (χ2v) is 5.85. The summed E-state index contributed by atoms with van der Waals surface area (Å²) in [5, 5.41) is 9.07. The molecule has 0 saturated carbocycles. The fourth-order valence-electron chi connectivity index (χ4n) is 1.63. The fourth-order valence-corrected chi connectivity index (χ4v) is 1.63. The second-order valence-electron chi connectivity index (χ2n) is 5.85. The second kappa shape index (κ2) is 7.82. The monoisotopic (exact) mass is 284 g/mol. The lowest BCUT2D eigenvalue weighted by atomic mass is 9.94. The van der Waals surface area contributed by atoms with Crippen molar-refractivity contribution in [1.29, 1.82) is 0 Å². The van der Waals surface area contributed by atoms with E-state index in [2.05, 4.69) is 6.58 Å². The Morgan fingerprint density at radius 2 is 1.85 bits per heavy atom. The van der Waals surface area contributed by atoms with E-state index in [4.69, 9.17) is 9.84 Å². The summed E-state index contributed by atoms with van der Waals surface area (Å²) in [6.07, 6.45) is 2.20. The van der Waals surface area contributed by atoms with Crippen molar-refractivity contribution in [2.45, 2.75) is 52.6 Å². The summed E-state index contributed by atoms with van der Waals surface area (Å²) in [4.78, 5) is 34.7. The molecule has 2 unspecified atom stereocenters. The topological polar surface area (TPSA) is 80.7 Å². The van der Waals surface area contributed by atoms with E-state index in [0.717, 1.165) is 0 Å². The zero-order chi connectivity index (χ0) is 15.9. The number of hydrogen-bond acceptors (Lipinski definition) is 4. The minimum absolute atomic E-state index is 0.0371. The Balaban J connectivity index is 4.57. The van der Waals surface area contributed by atoms with Gasteiger partial charge in [0.05, 0.1) is 0 Å². The number of hydrogen-bond donors (Lipinski definition) is 1. The molecule has 0 rings (SSSR count). The van der Waals surface area contributed by atoms with Crippen LogP contribution in [-0.2, 0) is 19.1 Å². The molecule has 0 radical (unpaired) electrons. The molecule has 0 fully saturated rings. The van der Waals surface area contributed by atoms with Gasteiger partial charge >= 0.3 is 11.9 Å². The lowest BCUT2D eigenvalue weighted by Crippen LogP contribution is -2.33. The van der Waals surface area contributed by atoms with Gasteiger partial charge in [-0.05, 0) is 33.6 Å². The SMILES string of the molecule is C=CCC(C)C(=O)CCC(C(=O)O)C(=O)OC(C)(C)C. The molecule has 0 aromatic heterocycles. The number of allylic oxidation sites excluding steroid dienone is 1. The summed E-state index contributed by atoms with van der Waals surface area (Å²) in [6, 6.07) is 0. The van der Waals surface area contributed by atoms with Crippen LogP contribution in [0, 0.1) is 11.8 Å². The molecule has 0 aliphatic carbocycles. The summed E-state index contributed by atoms with van der Waals surface area (Å²) < 4.78 is 5.05. The predicted molar refractivity (Wildman–Crippen MR) is 75.2 cm³/mol. The van der Waals surface area contributed by atoms with Crippen LogP contribution in [0.15, 0.2) is 12.7 Å². The number of Topliss-reactive ketones (excluding diaryl/α,β-unsaturated/α-hetero) is 1. The van der Waals surface area contributed by atoms with Crippen LogP contribution in [0.25, 0.3) is 0 Å². The maximum atomic E-state index is 11.8. The van der Waals surface area contributed by atoms with Crippen LogP contribution >= 0.6 is 0 Å². The molecule has 0 spiro atoms. The molecule has 0 bridgehead atoms. The van der Waals surface area contributed by atoms with Crippen molar-refractivity contribution in [1.82, 2.24) is 0 Å². The minimum Gasteiger partial charge on any atom is -0.481 e. The van der Waals surface area contributed by atoms with Crippen molar-refractivity contribution in [3.63, 3.8) is 0 Å². The van der Waals surface area contributed by atoms with Crippen molar-refractivity contribution < 1.29 is 24.2 Å². The molecule has 20 heavy (non-hydrogen) atoms. The van der Waals surface area contributed by atoms with Gasteiger partial charge in [0.2, 0.25) is 0 Å². The molecule has 2 atom stereocenters. The number of carboxylic acid groups (broad SMARTS) is 1. The van der Waals surface area contributed by atoms with E-state index < -0.39 is 23.5 Å². The zero-order valence-electron chi connectivity index (χ0n) is 12.6. The average Bonchev–Trinajstić information content (AvgIpc) is 2.26. The summed E-state index contributed by atoms with van der Waals surface area (Å²) in [7, 11) is 0. The molecular weight excluding hydrogens is 260 g/mol. The van der Waals surface area contributed by atoms with Gasteiger partial charge in [-0.1, -0.05) is 13.0 Å². The number of esters is 1. The number of rotatable bonds is 8. The van der Waals surface area contributed by atoms with Crippen molar-refractivity contribution >= 4 is 17.7 Å². The third kappa shape index (κ3) is 7.07. The third-order valence-electron chi connectivity index (χ3n) is 2.74. The first-order valence-electron chi connectivity index (χ1n) is 6.67. The van der Waals surface area contributed by atoms with E-state index in [1.54, 1.807) is 33.8 Å². The van der Waals surface area contributed by atoms with Gasteiger partial charge in [0.15, 0.2) is 5.92 Å². The van der Waals surface area contributed by atoms with Crippen LogP contribution in [0.2, 0.25) is 0 Å². The van der Waals surface area contributed by atoms with Gasteiger partial charge in [0, 0.05) is 12.3 Å².